The van der Waals surface area contributed by atoms with Crippen LogP contribution in [0.15, 0.2) is 36.4 Å². The van der Waals surface area contributed by atoms with E-state index in [-0.39, 0.29) is 11.4 Å². The highest BCUT2D eigenvalue weighted by molar-refractivity contribution is 5.82. The highest BCUT2D eigenvalue weighted by atomic mass is 16.6. The van der Waals surface area contributed by atoms with E-state index in [2.05, 4.69) is 5.43 Å². The zero-order valence-electron chi connectivity index (χ0n) is 12.7. The van der Waals surface area contributed by atoms with E-state index in [0.29, 0.717) is 0 Å². The van der Waals surface area contributed by atoms with Gasteiger partial charge < -0.3 is 10.2 Å². The monoisotopic (exact) mass is 348 g/mol. The predicted octanol–water partition coefficient (Wildman–Crippen LogP) is 2.10. The number of nitro benzene ring substituents is 2. The summed E-state index contributed by atoms with van der Waals surface area (Å²) < 4.78 is 0. The Morgan fingerprint density at radius 3 is 1.68 bits per heavy atom. The first kappa shape index (κ1) is 17.5. The number of nitrogens with zero attached hydrogens (tertiary/aromatic N) is 3. The Hall–Kier alpha value is -3.89. The average molecular weight is 348 g/mol. The predicted molar refractivity (Wildman–Crippen MR) is 85.5 cm³/mol. The van der Waals surface area contributed by atoms with Crippen LogP contribution in [-0.4, -0.2) is 26.0 Å². The fraction of sp³-hybridized carbons (Fsp3) is 0.0714. The van der Waals surface area contributed by atoms with Crippen molar-refractivity contribution in [2.45, 2.75) is 6.92 Å². The van der Waals surface area contributed by atoms with Crippen molar-refractivity contribution in [1.82, 2.24) is 5.43 Å². The van der Waals surface area contributed by atoms with Crippen molar-refractivity contribution < 1.29 is 24.9 Å². The molecule has 0 saturated heterocycles. The molecule has 2 aromatic rings. The van der Waals surface area contributed by atoms with Gasteiger partial charge in [0.15, 0.2) is 0 Å². The van der Waals surface area contributed by atoms with Gasteiger partial charge >= 0.3 is 0 Å². The van der Waals surface area contributed by atoms with Crippen LogP contribution in [0.1, 0.15) is 6.92 Å². The molecule has 11 heteroatoms. The maximum Gasteiger partial charge on any atom is 0.271 e. The molecule has 0 fully saturated rings. The van der Waals surface area contributed by atoms with E-state index in [1.54, 1.807) is 0 Å². The van der Waals surface area contributed by atoms with Gasteiger partial charge in [-0.2, -0.15) is 0 Å². The molecular weight excluding hydrogens is 336 g/mol. The Morgan fingerprint density at radius 2 is 1.36 bits per heavy atom. The van der Waals surface area contributed by atoms with Crippen LogP contribution in [0, 0.1) is 20.2 Å². The summed E-state index contributed by atoms with van der Waals surface area (Å²) in [5, 5.41) is 42.7. The van der Waals surface area contributed by atoms with Crippen molar-refractivity contribution in [1.29, 1.82) is 0 Å². The molecule has 130 valence electrons. The van der Waals surface area contributed by atoms with E-state index in [9.17, 15) is 35.2 Å². The van der Waals surface area contributed by atoms with Crippen molar-refractivity contribution in [2.24, 2.45) is 0 Å². The molecule has 11 nitrogen and oxygen atoms in total. The number of phenolic OH excluding ortho intramolecular Hbond substituents is 2. The van der Waals surface area contributed by atoms with Gasteiger partial charge in [-0.25, -0.2) is 5.01 Å². The number of benzene rings is 2. The van der Waals surface area contributed by atoms with Gasteiger partial charge in [0.05, 0.1) is 9.85 Å². The first-order chi connectivity index (χ1) is 11.7. The van der Waals surface area contributed by atoms with Gasteiger partial charge in [0, 0.05) is 31.2 Å². The smallest absolute Gasteiger partial charge is 0.271 e. The summed E-state index contributed by atoms with van der Waals surface area (Å²) in [7, 11) is 0. The number of carbonyl (C=O) groups excluding carboxylic acids is 1. The average Bonchev–Trinajstić information content (AvgIpc) is 2.53. The van der Waals surface area contributed by atoms with Crippen LogP contribution in [0.4, 0.5) is 22.7 Å². The quantitative estimate of drug-likeness (QED) is 0.547. The molecule has 0 aliphatic rings. The topological polar surface area (TPSA) is 159 Å². The summed E-state index contributed by atoms with van der Waals surface area (Å²) in [5.41, 5.74) is 0.965. The van der Waals surface area contributed by atoms with Crippen molar-refractivity contribution in [3.63, 3.8) is 0 Å². The summed E-state index contributed by atoms with van der Waals surface area (Å²) in [6.45, 7) is 1.12. The molecule has 2 aromatic carbocycles. The number of nitrogens with one attached hydrogen (secondary N) is 1. The molecule has 0 spiro atoms. The number of phenols is 2. The minimum absolute atomic E-state index is 0.250. The molecule has 2 rings (SSSR count). The van der Waals surface area contributed by atoms with Crippen LogP contribution in [0.2, 0.25) is 0 Å². The Labute approximate surface area is 140 Å². The van der Waals surface area contributed by atoms with Crippen molar-refractivity contribution in [3.8, 4) is 11.5 Å². The number of anilines is 2. The number of hydrogen-bond donors (Lipinski definition) is 3. The molecule has 0 saturated carbocycles. The van der Waals surface area contributed by atoms with Crippen LogP contribution in [0.3, 0.4) is 0 Å². The molecule has 25 heavy (non-hydrogen) atoms. The standard InChI is InChI=1S/C14H12N4O7/c1-8(19)15-16(11-6-9(17(22)23)2-4-13(11)20)12-7-10(18(24)25)3-5-14(12)21/h2-7,20-21H,1H3,(H,15,19). The molecular formula is C14H12N4O7. The summed E-state index contributed by atoms with van der Waals surface area (Å²) in [5.74, 6) is -1.55. The van der Waals surface area contributed by atoms with Gasteiger partial charge in [-0.3, -0.25) is 30.4 Å². The molecule has 0 bridgehead atoms. The molecule has 3 N–H and O–H groups in total. The van der Waals surface area contributed by atoms with Gasteiger partial charge in [0.2, 0.25) is 5.91 Å². The lowest BCUT2D eigenvalue weighted by atomic mass is 10.2. The number of hydrazine groups is 1. The largest absolute Gasteiger partial charge is 0.506 e. The van der Waals surface area contributed by atoms with E-state index < -0.39 is 38.6 Å². The SMILES string of the molecule is CC(=O)NN(c1cc([N+](=O)[O-])ccc1O)c1cc([N+](=O)[O-])ccc1O. The second-order valence-corrected chi connectivity index (χ2v) is 4.86. The van der Waals surface area contributed by atoms with E-state index in [0.717, 1.165) is 48.3 Å². The highest BCUT2D eigenvalue weighted by Gasteiger charge is 2.23. The van der Waals surface area contributed by atoms with Crippen LogP contribution < -0.4 is 10.4 Å². The Balaban J connectivity index is 2.68. The maximum atomic E-state index is 11.5. The number of rotatable bonds is 5. The van der Waals surface area contributed by atoms with Crippen LogP contribution in [0.5, 0.6) is 11.5 Å². The molecule has 0 aliphatic heterocycles. The van der Waals surface area contributed by atoms with Gasteiger partial charge in [-0.15, -0.1) is 0 Å². The normalized spacial score (nSPS) is 10.1. The van der Waals surface area contributed by atoms with Gasteiger partial charge in [0.25, 0.3) is 11.4 Å². The van der Waals surface area contributed by atoms with Gasteiger partial charge in [0.1, 0.15) is 22.9 Å². The molecule has 0 radical (unpaired) electrons. The molecule has 0 aromatic heterocycles. The van der Waals surface area contributed by atoms with Gasteiger partial charge in [-0.05, 0) is 12.1 Å². The second kappa shape index (κ2) is 6.70. The van der Waals surface area contributed by atoms with Crippen molar-refractivity contribution in [3.05, 3.63) is 56.6 Å². The number of hydrogen-bond acceptors (Lipinski definition) is 8. The maximum absolute atomic E-state index is 11.5. The fourth-order valence-electron chi connectivity index (χ4n) is 2.02. The minimum atomic E-state index is -0.720. The third kappa shape index (κ3) is 3.72. The second-order valence-electron chi connectivity index (χ2n) is 4.86. The number of amides is 1. The van der Waals surface area contributed by atoms with E-state index in [1.165, 1.54) is 0 Å². The Bertz CT molecular complexity index is 805. The number of nitro groups is 2. The van der Waals surface area contributed by atoms with Crippen molar-refractivity contribution >= 4 is 28.7 Å². The summed E-state index contributed by atoms with van der Waals surface area (Å²) in [6.07, 6.45) is 0. The highest BCUT2D eigenvalue weighted by Crippen LogP contribution is 2.39. The van der Waals surface area contributed by atoms with Crippen LogP contribution in [0.25, 0.3) is 0 Å². The summed E-state index contributed by atoms with van der Waals surface area (Å²) >= 11 is 0. The lowest BCUT2D eigenvalue weighted by Gasteiger charge is -2.25. The minimum Gasteiger partial charge on any atom is -0.506 e. The van der Waals surface area contributed by atoms with Crippen molar-refractivity contribution in [2.75, 3.05) is 5.01 Å². The van der Waals surface area contributed by atoms with Crippen LogP contribution in [-0.2, 0) is 4.79 Å². The first-order valence-electron chi connectivity index (χ1n) is 6.73. The summed E-state index contributed by atoms with van der Waals surface area (Å²) in [4.78, 5) is 31.9. The van der Waals surface area contributed by atoms with E-state index in [4.69, 9.17) is 0 Å². The molecule has 0 heterocycles. The summed E-state index contributed by atoms with van der Waals surface area (Å²) in [6, 6.07) is 6.02. The third-order valence-corrected chi connectivity index (χ3v) is 3.09. The number of non-ortho nitro benzene ring substituents is 2. The molecule has 1 amide bonds. The fourth-order valence-corrected chi connectivity index (χ4v) is 2.02. The molecule has 0 aliphatic carbocycles. The Kier molecular flexibility index (Phi) is 4.68. The lowest BCUT2D eigenvalue weighted by molar-refractivity contribution is -0.384. The third-order valence-electron chi connectivity index (χ3n) is 3.09. The molecule has 0 unspecified atom stereocenters. The van der Waals surface area contributed by atoms with Crippen LogP contribution >= 0.6 is 0 Å². The zero-order valence-corrected chi connectivity index (χ0v) is 12.7. The number of carbonyl (C=O) groups is 1. The molecule has 0 atom stereocenters. The zero-order chi connectivity index (χ0) is 18.7. The van der Waals surface area contributed by atoms with E-state index >= 15 is 0 Å². The number of aromatic hydroxyl groups is 2. The lowest BCUT2D eigenvalue weighted by Crippen LogP contribution is -2.37. The van der Waals surface area contributed by atoms with E-state index in [1.807, 2.05) is 0 Å². The first-order valence-corrected chi connectivity index (χ1v) is 6.73. The van der Waals surface area contributed by atoms with Gasteiger partial charge in [-0.1, -0.05) is 0 Å². The Morgan fingerprint density at radius 1 is 0.960 bits per heavy atom.